The summed E-state index contributed by atoms with van der Waals surface area (Å²) in [5.41, 5.74) is 2.88. The Morgan fingerprint density at radius 3 is 2.89 bits per heavy atom. The van der Waals surface area contributed by atoms with E-state index < -0.39 is 0 Å². The number of anilines is 1. The van der Waals surface area contributed by atoms with Gasteiger partial charge in [-0.05, 0) is 35.3 Å². The van der Waals surface area contributed by atoms with Gasteiger partial charge in [0.25, 0.3) is 5.91 Å². The molecule has 1 unspecified atom stereocenters. The lowest BCUT2D eigenvalue weighted by Gasteiger charge is -2.15. The quantitative estimate of drug-likeness (QED) is 0.408. The van der Waals surface area contributed by atoms with E-state index in [2.05, 4.69) is 38.6 Å². The molecule has 6 heteroatoms. The van der Waals surface area contributed by atoms with Crippen LogP contribution in [-0.2, 0) is 0 Å². The molecule has 1 aromatic heterocycles. The zero-order valence-corrected chi connectivity index (χ0v) is 13.0. The Bertz CT molecular complexity index is 425. The highest BCUT2D eigenvalue weighted by Crippen LogP contribution is 2.17. The van der Waals surface area contributed by atoms with Crippen LogP contribution in [-0.4, -0.2) is 16.9 Å². The minimum Gasteiger partial charge on any atom is -0.349 e. The van der Waals surface area contributed by atoms with Gasteiger partial charge in [-0.15, -0.1) is 0 Å². The number of aromatic nitrogens is 1. The van der Waals surface area contributed by atoms with Crippen LogP contribution in [0.4, 0.5) is 5.82 Å². The third kappa shape index (κ3) is 5.16. The van der Waals surface area contributed by atoms with Gasteiger partial charge in [-0.25, -0.2) is 10.8 Å². The largest absolute Gasteiger partial charge is 0.349 e. The van der Waals surface area contributed by atoms with Crippen LogP contribution in [0.2, 0.25) is 0 Å². The minimum absolute atomic E-state index is 0.142. The molecule has 4 N–H and O–H groups in total. The van der Waals surface area contributed by atoms with Crippen molar-refractivity contribution in [1.82, 2.24) is 10.3 Å². The number of carbonyl (C=O) groups excluding carboxylic acids is 1. The predicted molar refractivity (Wildman–Crippen MR) is 80.8 cm³/mol. The number of amides is 1. The standard InChI is InChI=1S/C13H21BrN4O/c1-3-4-5-6-9(2)17-13(19)11-7-10(14)8-16-12(11)18-15/h7-9H,3-6,15H2,1-2H3,(H,16,18)(H,17,19). The number of nitrogens with one attached hydrogen (secondary N) is 2. The Kier molecular flexibility index (Phi) is 6.80. The number of pyridine rings is 1. The molecule has 0 radical (unpaired) electrons. The number of hydrogen-bond donors (Lipinski definition) is 3. The van der Waals surface area contributed by atoms with Gasteiger partial charge in [0.2, 0.25) is 0 Å². The maximum atomic E-state index is 12.2. The molecule has 0 spiro atoms. The van der Waals surface area contributed by atoms with Crippen LogP contribution in [0.5, 0.6) is 0 Å². The van der Waals surface area contributed by atoms with E-state index in [1.165, 1.54) is 12.8 Å². The van der Waals surface area contributed by atoms with Gasteiger partial charge < -0.3 is 10.7 Å². The lowest BCUT2D eigenvalue weighted by atomic mass is 10.1. The molecule has 0 saturated carbocycles. The number of hydrogen-bond acceptors (Lipinski definition) is 4. The summed E-state index contributed by atoms with van der Waals surface area (Å²) < 4.78 is 0.746. The average Bonchev–Trinajstić information content (AvgIpc) is 2.39. The van der Waals surface area contributed by atoms with Gasteiger partial charge in [0.05, 0.1) is 5.56 Å². The molecule has 0 aliphatic carbocycles. The van der Waals surface area contributed by atoms with Crippen LogP contribution < -0.4 is 16.6 Å². The van der Waals surface area contributed by atoms with E-state index in [-0.39, 0.29) is 11.9 Å². The summed E-state index contributed by atoms with van der Waals surface area (Å²) in [4.78, 5) is 16.2. The first kappa shape index (κ1) is 15.9. The molecular formula is C13H21BrN4O. The van der Waals surface area contributed by atoms with Gasteiger partial charge in [-0.3, -0.25) is 4.79 Å². The molecule has 106 valence electrons. The molecule has 0 aromatic carbocycles. The second-order valence-corrected chi connectivity index (χ2v) is 5.48. The van der Waals surface area contributed by atoms with E-state index >= 15 is 0 Å². The highest BCUT2D eigenvalue weighted by atomic mass is 79.9. The van der Waals surface area contributed by atoms with Crippen molar-refractivity contribution in [1.29, 1.82) is 0 Å². The second-order valence-electron chi connectivity index (χ2n) is 4.56. The van der Waals surface area contributed by atoms with Crippen LogP contribution in [0, 0.1) is 0 Å². The first-order valence-electron chi connectivity index (χ1n) is 6.51. The number of nitrogens with zero attached hydrogens (tertiary/aromatic N) is 1. The number of halogens is 1. The van der Waals surface area contributed by atoms with Gasteiger partial charge in [-0.2, -0.15) is 0 Å². The highest BCUT2D eigenvalue weighted by molar-refractivity contribution is 9.10. The van der Waals surface area contributed by atoms with Crippen LogP contribution in [0.25, 0.3) is 0 Å². The fraction of sp³-hybridized carbons (Fsp3) is 0.538. The van der Waals surface area contributed by atoms with E-state index in [0.29, 0.717) is 11.4 Å². The number of nitrogens with two attached hydrogens (primary N) is 1. The Balaban J connectivity index is 2.64. The maximum Gasteiger partial charge on any atom is 0.255 e. The minimum atomic E-state index is -0.161. The Morgan fingerprint density at radius 2 is 2.26 bits per heavy atom. The van der Waals surface area contributed by atoms with E-state index in [1.807, 2.05) is 6.92 Å². The lowest BCUT2D eigenvalue weighted by molar-refractivity contribution is 0.0938. The number of carbonyl (C=O) groups is 1. The van der Waals surface area contributed by atoms with Crippen molar-refractivity contribution in [3.05, 3.63) is 22.3 Å². The van der Waals surface area contributed by atoms with Gasteiger partial charge in [0.15, 0.2) is 5.82 Å². The van der Waals surface area contributed by atoms with Crippen molar-refractivity contribution in [2.75, 3.05) is 5.43 Å². The molecule has 0 bridgehead atoms. The number of unbranched alkanes of at least 4 members (excludes halogenated alkanes) is 2. The Hall–Kier alpha value is -1.14. The first-order chi connectivity index (χ1) is 9.08. The van der Waals surface area contributed by atoms with E-state index in [1.54, 1.807) is 12.3 Å². The van der Waals surface area contributed by atoms with E-state index in [4.69, 9.17) is 5.84 Å². The number of nitrogen functional groups attached to an aromatic ring is 1. The Labute approximate surface area is 122 Å². The molecule has 19 heavy (non-hydrogen) atoms. The number of rotatable bonds is 7. The van der Waals surface area contributed by atoms with Crippen molar-refractivity contribution in [3.63, 3.8) is 0 Å². The number of hydrazine groups is 1. The summed E-state index contributed by atoms with van der Waals surface area (Å²) in [6, 6.07) is 1.85. The molecule has 0 aliphatic heterocycles. The monoisotopic (exact) mass is 328 g/mol. The van der Waals surface area contributed by atoms with Gasteiger partial charge in [0.1, 0.15) is 0 Å². The SMILES string of the molecule is CCCCCC(C)NC(=O)c1cc(Br)cnc1NN. The van der Waals surface area contributed by atoms with Gasteiger partial charge >= 0.3 is 0 Å². The van der Waals surface area contributed by atoms with Crippen LogP contribution in [0.15, 0.2) is 16.7 Å². The molecule has 0 saturated heterocycles. The zero-order valence-electron chi connectivity index (χ0n) is 11.4. The lowest BCUT2D eigenvalue weighted by Crippen LogP contribution is -2.33. The summed E-state index contributed by atoms with van der Waals surface area (Å²) >= 11 is 3.30. The molecule has 1 heterocycles. The molecule has 1 aromatic rings. The topological polar surface area (TPSA) is 80.0 Å². The third-order valence-electron chi connectivity index (χ3n) is 2.85. The maximum absolute atomic E-state index is 12.2. The summed E-state index contributed by atoms with van der Waals surface area (Å²) in [5, 5.41) is 2.96. The van der Waals surface area contributed by atoms with Crippen LogP contribution >= 0.6 is 15.9 Å². The van der Waals surface area contributed by atoms with Crippen molar-refractivity contribution in [2.45, 2.75) is 45.6 Å². The molecule has 1 rings (SSSR count). The first-order valence-corrected chi connectivity index (χ1v) is 7.30. The zero-order chi connectivity index (χ0) is 14.3. The summed E-state index contributed by atoms with van der Waals surface area (Å²) in [6.45, 7) is 4.17. The second kappa shape index (κ2) is 8.12. The van der Waals surface area contributed by atoms with Crippen molar-refractivity contribution in [2.24, 2.45) is 5.84 Å². The molecule has 0 aliphatic rings. The van der Waals surface area contributed by atoms with Crippen LogP contribution in [0.1, 0.15) is 49.9 Å². The third-order valence-corrected chi connectivity index (χ3v) is 3.29. The Morgan fingerprint density at radius 1 is 1.53 bits per heavy atom. The summed E-state index contributed by atoms with van der Waals surface area (Å²) in [7, 11) is 0. The normalized spacial score (nSPS) is 12.0. The summed E-state index contributed by atoms with van der Waals surface area (Å²) in [6.07, 6.45) is 6.06. The van der Waals surface area contributed by atoms with Crippen molar-refractivity contribution < 1.29 is 4.79 Å². The molecule has 5 nitrogen and oxygen atoms in total. The molecule has 1 atom stereocenters. The van der Waals surface area contributed by atoms with Gasteiger partial charge in [0, 0.05) is 16.7 Å². The smallest absolute Gasteiger partial charge is 0.255 e. The highest BCUT2D eigenvalue weighted by Gasteiger charge is 2.15. The van der Waals surface area contributed by atoms with Crippen molar-refractivity contribution >= 4 is 27.7 Å². The van der Waals surface area contributed by atoms with E-state index in [9.17, 15) is 4.79 Å². The molecule has 0 fully saturated rings. The van der Waals surface area contributed by atoms with Gasteiger partial charge in [-0.1, -0.05) is 26.2 Å². The molecular weight excluding hydrogens is 308 g/mol. The fourth-order valence-corrected chi connectivity index (χ4v) is 2.13. The fourth-order valence-electron chi connectivity index (χ4n) is 1.80. The predicted octanol–water partition coefficient (Wildman–Crippen LogP) is 2.83. The van der Waals surface area contributed by atoms with Crippen LogP contribution in [0.3, 0.4) is 0 Å². The molecule has 1 amide bonds. The van der Waals surface area contributed by atoms with E-state index in [0.717, 1.165) is 17.3 Å². The summed E-state index contributed by atoms with van der Waals surface area (Å²) in [5.74, 6) is 5.57. The van der Waals surface area contributed by atoms with Crippen molar-refractivity contribution in [3.8, 4) is 0 Å². The average molecular weight is 329 g/mol.